The van der Waals surface area contributed by atoms with E-state index in [1.807, 2.05) is 36.4 Å². The van der Waals surface area contributed by atoms with Crippen molar-refractivity contribution < 1.29 is 9.21 Å². The number of rotatable bonds is 4. The van der Waals surface area contributed by atoms with Crippen LogP contribution in [-0.4, -0.2) is 37.0 Å². The summed E-state index contributed by atoms with van der Waals surface area (Å²) in [6.07, 6.45) is 1.52. The predicted octanol–water partition coefficient (Wildman–Crippen LogP) is 5.27. The van der Waals surface area contributed by atoms with Crippen LogP contribution in [0.3, 0.4) is 0 Å². The highest BCUT2D eigenvalue weighted by Crippen LogP contribution is 2.25. The van der Waals surface area contributed by atoms with E-state index >= 15 is 0 Å². The smallest absolute Gasteiger partial charge is 0.264 e. The molecule has 4 rings (SSSR count). The van der Waals surface area contributed by atoms with Crippen LogP contribution in [0, 0.1) is 18.3 Å². The molecule has 3 aromatic rings. The molecule has 0 atom stereocenters. The minimum Gasteiger partial charge on any atom is -0.457 e. The highest BCUT2D eigenvalue weighted by molar-refractivity contribution is 9.10. The average Bonchev–Trinajstić information content (AvgIpc) is 3.27. The van der Waals surface area contributed by atoms with E-state index in [0.717, 1.165) is 28.8 Å². The third kappa shape index (κ3) is 4.89. The molecular weight excluding hydrogens is 454 g/mol. The van der Waals surface area contributed by atoms with Crippen LogP contribution < -0.4 is 4.90 Å². The summed E-state index contributed by atoms with van der Waals surface area (Å²) in [7, 11) is 0. The van der Waals surface area contributed by atoms with Crippen LogP contribution >= 0.6 is 15.9 Å². The maximum atomic E-state index is 12.9. The van der Waals surface area contributed by atoms with E-state index in [1.165, 1.54) is 11.6 Å². The first kappa shape index (κ1) is 21.0. The predicted molar refractivity (Wildman–Crippen MR) is 125 cm³/mol. The molecule has 5 nitrogen and oxygen atoms in total. The van der Waals surface area contributed by atoms with Crippen molar-refractivity contribution in [1.29, 1.82) is 5.26 Å². The third-order valence-corrected chi connectivity index (χ3v) is 5.89. The third-order valence-electron chi connectivity index (χ3n) is 5.36. The van der Waals surface area contributed by atoms with E-state index in [4.69, 9.17) is 4.42 Å². The number of nitriles is 1. The first-order valence-electron chi connectivity index (χ1n) is 10.1. The summed E-state index contributed by atoms with van der Waals surface area (Å²) in [5.41, 5.74) is 3.40. The Morgan fingerprint density at radius 3 is 2.32 bits per heavy atom. The minimum atomic E-state index is -0.257. The Balaban J connectivity index is 1.43. The summed E-state index contributed by atoms with van der Waals surface area (Å²) >= 11 is 3.42. The zero-order chi connectivity index (χ0) is 21.8. The van der Waals surface area contributed by atoms with Crippen LogP contribution in [0.5, 0.6) is 0 Å². The van der Waals surface area contributed by atoms with Gasteiger partial charge in [0.25, 0.3) is 5.91 Å². The first-order valence-corrected chi connectivity index (χ1v) is 10.9. The van der Waals surface area contributed by atoms with Gasteiger partial charge in [-0.1, -0.05) is 45.8 Å². The van der Waals surface area contributed by atoms with Crippen LogP contribution in [0.15, 0.2) is 75.1 Å². The lowest BCUT2D eigenvalue weighted by atomic mass is 10.1. The van der Waals surface area contributed by atoms with Gasteiger partial charge < -0.3 is 14.2 Å². The van der Waals surface area contributed by atoms with Crippen molar-refractivity contribution in [2.24, 2.45) is 0 Å². The number of aryl methyl sites for hydroxylation is 1. The van der Waals surface area contributed by atoms with Gasteiger partial charge in [-0.2, -0.15) is 5.26 Å². The second kappa shape index (κ2) is 9.23. The molecule has 0 saturated carbocycles. The highest BCUT2D eigenvalue weighted by Gasteiger charge is 2.24. The zero-order valence-electron chi connectivity index (χ0n) is 17.2. The zero-order valence-corrected chi connectivity index (χ0v) is 18.8. The Kier molecular flexibility index (Phi) is 6.24. The standard InChI is InChI=1S/C25H22BrN3O2/c1-18-2-8-22(9-3-18)28-12-14-29(15-13-28)25(30)20(17-27)16-23-10-11-24(31-23)19-4-6-21(26)7-5-19/h2-11,16H,12-15H2,1H3/b20-16-. The van der Waals surface area contributed by atoms with Crippen LogP contribution in [0.2, 0.25) is 0 Å². The van der Waals surface area contributed by atoms with Crippen molar-refractivity contribution in [2.75, 3.05) is 31.1 Å². The van der Waals surface area contributed by atoms with Gasteiger partial charge in [0.05, 0.1) is 0 Å². The number of piperazine rings is 1. The maximum Gasteiger partial charge on any atom is 0.264 e. The summed E-state index contributed by atoms with van der Waals surface area (Å²) in [6.45, 7) is 4.70. The lowest BCUT2D eigenvalue weighted by Crippen LogP contribution is -2.49. The van der Waals surface area contributed by atoms with Gasteiger partial charge >= 0.3 is 0 Å². The fraction of sp³-hybridized carbons (Fsp3) is 0.200. The largest absolute Gasteiger partial charge is 0.457 e. The van der Waals surface area contributed by atoms with Gasteiger partial charge in [0.2, 0.25) is 0 Å². The molecule has 0 spiro atoms. The van der Waals surface area contributed by atoms with Crippen molar-refractivity contribution >= 4 is 33.6 Å². The number of hydrogen-bond acceptors (Lipinski definition) is 4. The number of furan rings is 1. The normalized spacial score (nSPS) is 14.4. The summed E-state index contributed by atoms with van der Waals surface area (Å²) in [4.78, 5) is 16.9. The number of halogens is 1. The van der Waals surface area contributed by atoms with E-state index in [0.29, 0.717) is 24.6 Å². The second-order valence-corrected chi connectivity index (χ2v) is 8.41. The molecule has 0 aliphatic carbocycles. The van der Waals surface area contributed by atoms with E-state index in [1.54, 1.807) is 11.0 Å². The van der Waals surface area contributed by atoms with Gasteiger partial charge in [0.15, 0.2) is 0 Å². The van der Waals surface area contributed by atoms with Gasteiger partial charge in [-0.05, 0) is 43.3 Å². The Hall–Kier alpha value is -3.30. The van der Waals surface area contributed by atoms with E-state index in [9.17, 15) is 10.1 Å². The molecule has 0 radical (unpaired) electrons. The maximum absolute atomic E-state index is 12.9. The van der Waals surface area contributed by atoms with Crippen molar-refractivity contribution in [3.8, 4) is 17.4 Å². The van der Waals surface area contributed by atoms with E-state index in [-0.39, 0.29) is 11.5 Å². The Morgan fingerprint density at radius 2 is 1.68 bits per heavy atom. The Morgan fingerprint density at radius 1 is 1.00 bits per heavy atom. The number of amides is 1. The molecule has 1 aliphatic rings. The number of benzene rings is 2. The summed E-state index contributed by atoms with van der Waals surface area (Å²) in [6, 6.07) is 21.8. The van der Waals surface area contributed by atoms with Crippen LogP contribution in [0.1, 0.15) is 11.3 Å². The van der Waals surface area contributed by atoms with Gasteiger partial charge in [-0.15, -0.1) is 0 Å². The molecular formula is C25H22BrN3O2. The van der Waals surface area contributed by atoms with Crippen molar-refractivity contribution in [3.05, 3.63) is 82.0 Å². The highest BCUT2D eigenvalue weighted by atomic mass is 79.9. The number of hydrogen-bond donors (Lipinski definition) is 0. The molecule has 2 aromatic carbocycles. The molecule has 1 fully saturated rings. The minimum absolute atomic E-state index is 0.0838. The summed E-state index contributed by atoms with van der Waals surface area (Å²) in [5, 5.41) is 9.58. The average molecular weight is 476 g/mol. The Labute approximate surface area is 190 Å². The van der Waals surface area contributed by atoms with Crippen LogP contribution in [-0.2, 0) is 4.79 Å². The van der Waals surface area contributed by atoms with Crippen molar-refractivity contribution in [1.82, 2.24) is 4.90 Å². The lowest BCUT2D eigenvalue weighted by molar-refractivity contribution is -0.126. The summed E-state index contributed by atoms with van der Waals surface area (Å²) in [5.74, 6) is 0.920. The van der Waals surface area contributed by atoms with E-state index in [2.05, 4.69) is 52.0 Å². The SMILES string of the molecule is Cc1ccc(N2CCN(C(=O)/C(C#N)=C\c3ccc(-c4ccc(Br)cc4)o3)CC2)cc1. The van der Waals surface area contributed by atoms with Gasteiger partial charge in [0.1, 0.15) is 23.2 Å². The topological polar surface area (TPSA) is 60.5 Å². The molecule has 1 saturated heterocycles. The molecule has 0 bridgehead atoms. The van der Waals surface area contributed by atoms with Crippen LogP contribution in [0.4, 0.5) is 5.69 Å². The number of nitrogens with zero attached hydrogens (tertiary/aromatic N) is 3. The molecule has 1 aromatic heterocycles. The second-order valence-electron chi connectivity index (χ2n) is 7.49. The molecule has 31 heavy (non-hydrogen) atoms. The molecule has 6 heteroatoms. The molecule has 1 amide bonds. The molecule has 156 valence electrons. The number of carbonyl (C=O) groups is 1. The lowest BCUT2D eigenvalue weighted by Gasteiger charge is -2.36. The van der Waals surface area contributed by atoms with Gasteiger partial charge in [0, 0.05) is 48.0 Å². The summed E-state index contributed by atoms with van der Waals surface area (Å²) < 4.78 is 6.83. The fourth-order valence-corrected chi connectivity index (χ4v) is 3.84. The number of anilines is 1. The van der Waals surface area contributed by atoms with Crippen molar-refractivity contribution in [3.63, 3.8) is 0 Å². The fourth-order valence-electron chi connectivity index (χ4n) is 3.58. The monoisotopic (exact) mass is 475 g/mol. The van der Waals surface area contributed by atoms with E-state index < -0.39 is 0 Å². The van der Waals surface area contributed by atoms with Gasteiger partial charge in [-0.25, -0.2) is 0 Å². The first-order chi connectivity index (χ1) is 15.0. The quantitative estimate of drug-likeness (QED) is 0.380. The Bertz CT molecular complexity index is 1130. The number of carbonyl (C=O) groups excluding carboxylic acids is 1. The molecule has 1 aliphatic heterocycles. The van der Waals surface area contributed by atoms with Crippen LogP contribution in [0.25, 0.3) is 17.4 Å². The molecule has 0 unspecified atom stereocenters. The molecule has 2 heterocycles. The van der Waals surface area contributed by atoms with Crippen molar-refractivity contribution in [2.45, 2.75) is 6.92 Å². The van der Waals surface area contributed by atoms with Gasteiger partial charge in [-0.3, -0.25) is 4.79 Å². The molecule has 0 N–H and O–H groups in total.